The molecule has 0 unspecified atom stereocenters. The lowest BCUT2D eigenvalue weighted by Gasteiger charge is -2.38. The molecule has 1 aliphatic rings. The van der Waals surface area contributed by atoms with Crippen LogP contribution in [0.5, 0.6) is 11.5 Å². The van der Waals surface area contributed by atoms with Crippen LogP contribution in [-0.2, 0) is 16.0 Å². The summed E-state index contributed by atoms with van der Waals surface area (Å²) in [5.74, 6) is 1.37. The Kier molecular flexibility index (Phi) is 5.24. The van der Waals surface area contributed by atoms with Crippen LogP contribution in [0.25, 0.3) is 0 Å². The summed E-state index contributed by atoms with van der Waals surface area (Å²) >= 11 is 0. The molecule has 0 N–H and O–H groups in total. The lowest BCUT2D eigenvalue weighted by Crippen LogP contribution is -2.42. The standard InChI is InChI=1S/C20H23NO4/c1-23-13-19(22)21-10-9-15-11-17(24-2)18(25-3)12-16(15)20(21)14-7-5-4-6-8-14/h4-8,11-12,20H,9-10,13H2,1-3H3/t20-/m0/s1. The first-order valence-corrected chi connectivity index (χ1v) is 8.27. The molecule has 2 aromatic rings. The molecule has 5 heteroatoms. The lowest BCUT2D eigenvalue weighted by molar-refractivity contribution is -0.137. The minimum absolute atomic E-state index is 0.0169. The average Bonchev–Trinajstić information content (AvgIpc) is 2.66. The summed E-state index contributed by atoms with van der Waals surface area (Å²) in [4.78, 5) is 14.5. The number of hydrogen-bond acceptors (Lipinski definition) is 4. The molecule has 0 bridgehead atoms. The Morgan fingerprint density at radius 3 is 2.40 bits per heavy atom. The van der Waals surface area contributed by atoms with Gasteiger partial charge in [-0.15, -0.1) is 0 Å². The fraction of sp³-hybridized carbons (Fsp3) is 0.350. The molecule has 132 valence electrons. The smallest absolute Gasteiger partial charge is 0.249 e. The third kappa shape index (κ3) is 3.33. The number of carbonyl (C=O) groups excluding carboxylic acids is 1. The molecule has 2 aromatic carbocycles. The third-order valence-corrected chi connectivity index (χ3v) is 4.58. The van der Waals surface area contributed by atoms with E-state index in [9.17, 15) is 4.79 Å². The van der Waals surface area contributed by atoms with Crippen molar-refractivity contribution in [3.05, 3.63) is 59.2 Å². The number of methoxy groups -OCH3 is 3. The maximum atomic E-state index is 12.6. The molecule has 1 amide bonds. The van der Waals surface area contributed by atoms with Gasteiger partial charge in [0.05, 0.1) is 20.3 Å². The average molecular weight is 341 g/mol. The molecule has 0 aliphatic carbocycles. The van der Waals surface area contributed by atoms with Crippen molar-refractivity contribution in [1.82, 2.24) is 4.90 Å². The predicted octanol–water partition coefficient (Wildman–Crippen LogP) is 2.82. The Morgan fingerprint density at radius 1 is 1.08 bits per heavy atom. The highest BCUT2D eigenvalue weighted by Crippen LogP contribution is 2.40. The molecule has 1 atom stereocenters. The van der Waals surface area contributed by atoms with E-state index in [4.69, 9.17) is 14.2 Å². The van der Waals surface area contributed by atoms with E-state index >= 15 is 0 Å². The molecular formula is C20H23NO4. The van der Waals surface area contributed by atoms with Gasteiger partial charge in [-0.3, -0.25) is 4.79 Å². The first-order chi connectivity index (χ1) is 12.2. The van der Waals surface area contributed by atoms with E-state index in [0.29, 0.717) is 18.0 Å². The van der Waals surface area contributed by atoms with Gasteiger partial charge in [0, 0.05) is 13.7 Å². The minimum atomic E-state index is -0.160. The summed E-state index contributed by atoms with van der Waals surface area (Å²) in [5.41, 5.74) is 3.31. The first kappa shape index (κ1) is 17.3. The second kappa shape index (κ2) is 7.57. The van der Waals surface area contributed by atoms with Gasteiger partial charge in [0.2, 0.25) is 5.91 Å². The summed E-state index contributed by atoms with van der Waals surface area (Å²) in [7, 11) is 4.80. The number of nitrogens with zero attached hydrogens (tertiary/aromatic N) is 1. The van der Waals surface area contributed by atoms with Gasteiger partial charge in [-0.2, -0.15) is 0 Å². The predicted molar refractivity (Wildman–Crippen MR) is 95.1 cm³/mol. The van der Waals surface area contributed by atoms with Gasteiger partial charge in [0.1, 0.15) is 6.61 Å². The Bertz CT molecular complexity index is 745. The van der Waals surface area contributed by atoms with E-state index < -0.39 is 0 Å². The second-order valence-corrected chi connectivity index (χ2v) is 5.99. The molecule has 0 saturated carbocycles. The summed E-state index contributed by atoms with van der Waals surface area (Å²) in [6.07, 6.45) is 0.772. The largest absolute Gasteiger partial charge is 0.493 e. The van der Waals surface area contributed by atoms with Crippen LogP contribution >= 0.6 is 0 Å². The van der Waals surface area contributed by atoms with Gasteiger partial charge in [0.25, 0.3) is 0 Å². The molecule has 0 saturated heterocycles. The van der Waals surface area contributed by atoms with Gasteiger partial charge in [-0.1, -0.05) is 30.3 Å². The van der Waals surface area contributed by atoms with E-state index in [1.165, 1.54) is 5.56 Å². The van der Waals surface area contributed by atoms with Gasteiger partial charge in [0.15, 0.2) is 11.5 Å². The van der Waals surface area contributed by atoms with E-state index in [1.807, 2.05) is 47.4 Å². The molecule has 0 spiro atoms. The number of benzene rings is 2. The van der Waals surface area contributed by atoms with Crippen molar-refractivity contribution in [1.29, 1.82) is 0 Å². The van der Waals surface area contributed by atoms with Gasteiger partial charge in [-0.25, -0.2) is 0 Å². The van der Waals surface area contributed by atoms with Crippen molar-refractivity contribution in [2.24, 2.45) is 0 Å². The first-order valence-electron chi connectivity index (χ1n) is 8.27. The van der Waals surface area contributed by atoms with Crippen LogP contribution in [0, 0.1) is 0 Å². The monoisotopic (exact) mass is 341 g/mol. The summed E-state index contributed by atoms with van der Waals surface area (Å²) in [5, 5.41) is 0. The van der Waals surface area contributed by atoms with Crippen LogP contribution in [-0.4, -0.2) is 45.3 Å². The number of amides is 1. The fourth-order valence-corrected chi connectivity index (χ4v) is 3.42. The SMILES string of the molecule is COCC(=O)N1CCc2cc(OC)c(OC)cc2[C@@H]1c1ccccc1. The highest BCUT2D eigenvalue weighted by Gasteiger charge is 2.33. The molecule has 1 heterocycles. The lowest BCUT2D eigenvalue weighted by atomic mass is 9.87. The number of fused-ring (bicyclic) bond motifs is 1. The van der Waals surface area contributed by atoms with E-state index in [0.717, 1.165) is 17.5 Å². The Balaban J connectivity index is 2.12. The van der Waals surface area contributed by atoms with Crippen LogP contribution < -0.4 is 9.47 Å². The zero-order valence-electron chi connectivity index (χ0n) is 14.8. The van der Waals surface area contributed by atoms with E-state index in [-0.39, 0.29) is 18.6 Å². The fourth-order valence-electron chi connectivity index (χ4n) is 3.42. The van der Waals surface area contributed by atoms with Gasteiger partial charge in [-0.05, 0) is 35.2 Å². The number of carbonyl (C=O) groups is 1. The van der Waals surface area contributed by atoms with Gasteiger partial charge >= 0.3 is 0 Å². The van der Waals surface area contributed by atoms with Crippen LogP contribution in [0.3, 0.4) is 0 Å². The zero-order chi connectivity index (χ0) is 17.8. The quantitative estimate of drug-likeness (QED) is 0.839. The third-order valence-electron chi connectivity index (χ3n) is 4.58. The zero-order valence-corrected chi connectivity index (χ0v) is 14.8. The summed E-state index contributed by atoms with van der Waals surface area (Å²) < 4.78 is 16.0. The molecule has 0 aromatic heterocycles. The van der Waals surface area contributed by atoms with Gasteiger partial charge < -0.3 is 19.1 Å². The molecule has 0 radical (unpaired) electrons. The van der Waals surface area contributed by atoms with Crippen LogP contribution in [0.4, 0.5) is 0 Å². The molecule has 0 fully saturated rings. The van der Waals surface area contributed by atoms with Crippen LogP contribution in [0.2, 0.25) is 0 Å². The maximum Gasteiger partial charge on any atom is 0.249 e. The molecule has 1 aliphatic heterocycles. The highest BCUT2D eigenvalue weighted by atomic mass is 16.5. The van der Waals surface area contributed by atoms with Crippen molar-refractivity contribution in [2.45, 2.75) is 12.5 Å². The van der Waals surface area contributed by atoms with Crippen molar-refractivity contribution in [3.63, 3.8) is 0 Å². The Labute approximate surface area is 148 Å². The Hall–Kier alpha value is -2.53. The van der Waals surface area contributed by atoms with Crippen molar-refractivity contribution < 1.29 is 19.0 Å². The highest BCUT2D eigenvalue weighted by molar-refractivity contribution is 5.79. The summed E-state index contributed by atoms with van der Waals surface area (Å²) in [6, 6.07) is 13.9. The molecule has 25 heavy (non-hydrogen) atoms. The molecular weight excluding hydrogens is 318 g/mol. The van der Waals surface area contributed by atoms with Crippen molar-refractivity contribution in [3.8, 4) is 11.5 Å². The maximum absolute atomic E-state index is 12.6. The topological polar surface area (TPSA) is 48.0 Å². The molecule has 3 rings (SSSR count). The summed E-state index contributed by atoms with van der Waals surface area (Å²) in [6.45, 7) is 0.718. The number of ether oxygens (including phenoxy) is 3. The molecule has 5 nitrogen and oxygen atoms in total. The second-order valence-electron chi connectivity index (χ2n) is 5.99. The van der Waals surface area contributed by atoms with Crippen molar-refractivity contribution in [2.75, 3.05) is 34.5 Å². The number of hydrogen-bond donors (Lipinski definition) is 0. The Morgan fingerprint density at radius 2 is 1.76 bits per heavy atom. The van der Waals surface area contributed by atoms with Crippen molar-refractivity contribution >= 4 is 5.91 Å². The van der Waals surface area contributed by atoms with Crippen LogP contribution in [0.1, 0.15) is 22.7 Å². The minimum Gasteiger partial charge on any atom is -0.493 e. The number of rotatable bonds is 5. The van der Waals surface area contributed by atoms with E-state index in [1.54, 1.807) is 21.3 Å². The normalized spacial score (nSPS) is 16.3. The van der Waals surface area contributed by atoms with Crippen LogP contribution in [0.15, 0.2) is 42.5 Å². The van der Waals surface area contributed by atoms with E-state index in [2.05, 4.69) is 0 Å².